The van der Waals surface area contributed by atoms with E-state index in [1.807, 2.05) is 6.07 Å². The maximum absolute atomic E-state index is 12.7. The van der Waals surface area contributed by atoms with Gasteiger partial charge in [-0.25, -0.2) is 8.42 Å². The molecule has 7 heteroatoms. The van der Waals surface area contributed by atoms with Crippen molar-refractivity contribution < 1.29 is 13.2 Å². The predicted octanol–water partition coefficient (Wildman–Crippen LogP) is 3.12. The van der Waals surface area contributed by atoms with Crippen LogP contribution in [-0.2, 0) is 34.1 Å². The Morgan fingerprint density at radius 1 is 1.04 bits per heavy atom. The minimum absolute atomic E-state index is 0.125. The van der Waals surface area contributed by atoms with Crippen LogP contribution in [0.3, 0.4) is 0 Å². The zero-order valence-electron chi connectivity index (χ0n) is 12.7. The summed E-state index contributed by atoms with van der Waals surface area (Å²) in [4.78, 5) is 11.7. The molecule has 2 aromatic carbocycles. The monoisotopic (exact) mass is 362 g/mol. The number of amides is 1. The average Bonchev–Trinajstić information content (AvgIpc) is 3.11. The summed E-state index contributed by atoms with van der Waals surface area (Å²) in [5.41, 5.74) is 3.95. The van der Waals surface area contributed by atoms with E-state index >= 15 is 0 Å². The first kappa shape index (κ1) is 15.5. The van der Waals surface area contributed by atoms with Crippen LogP contribution in [0.2, 0.25) is 5.02 Å². The van der Waals surface area contributed by atoms with Gasteiger partial charge in [-0.1, -0.05) is 17.7 Å². The van der Waals surface area contributed by atoms with Crippen molar-refractivity contribution in [1.29, 1.82) is 0 Å². The van der Waals surface area contributed by atoms with Gasteiger partial charge in [0.15, 0.2) is 0 Å². The number of hydrogen-bond donors (Lipinski definition) is 2. The van der Waals surface area contributed by atoms with Gasteiger partial charge in [-0.2, -0.15) is 0 Å². The maximum atomic E-state index is 12.7. The summed E-state index contributed by atoms with van der Waals surface area (Å²) >= 11 is 6.16. The molecule has 0 unspecified atom stereocenters. The average molecular weight is 363 g/mol. The van der Waals surface area contributed by atoms with Crippen molar-refractivity contribution >= 4 is 38.9 Å². The van der Waals surface area contributed by atoms with Crippen LogP contribution in [0.15, 0.2) is 35.2 Å². The highest BCUT2D eigenvalue weighted by Gasteiger charge is 2.23. The standard InChI is InChI=1S/C17H15ClN2O3S/c18-14-9-15-12(8-17(21)19-15)7-16(14)20-24(22,23)13-5-4-10-2-1-3-11(10)6-13/h4-7,9,20H,1-3,8H2,(H,19,21). The summed E-state index contributed by atoms with van der Waals surface area (Å²) in [5, 5.41) is 2.94. The van der Waals surface area contributed by atoms with E-state index in [2.05, 4.69) is 10.0 Å². The van der Waals surface area contributed by atoms with Crippen molar-refractivity contribution in [3.63, 3.8) is 0 Å². The van der Waals surface area contributed by atoms with E-state index in [0.29, 0.717) is 5.69 Å². The third-order valence-corrected chi connectivity index (χ3v) is 6.12. The summed E-state index contributed by atoms with van der Waals surface area (Å²) in [6, 6.07) is 8.42. The topological polar surface area (TPSA) is 75.3 Å². The molecule has 2 N–H and O–H groups in total. The molecule has 0 atom stereocenters. The SMILES string of the molecule is O=C1Cc2cc(NS(=O)(=O)c3ccc4c(c3)CCC4)c(Cl)cc2N1. The van der Waals surface area contributed by atoms with Gasteiger partial charge in [0.05, 0.1) is 22.0 Å². The second kappa shape index (κ2) is 5.50. The molecule has 0 aromatic heterocycles. The smallest absolute Gasteiger partial charge is 0.261 e. The number of sulfonamides is 1. The molecule has 2 aliphatic rings. The lowest BCUT2D eigenvalue weighted by Gasteiger charge is -2.12. The van der Waals surface area contributed by atoms with E-state index in [1.165, 1.54) is 5.56 Å². The van der Waals surface area contributed by atoms with E-state index in [0.717, 1.165) is 30.4 Å². The number of nitrogens with one attached hydrogen (secondary N) is 2. The lowest BCUT2D eigenvalue weighted by atomic mass is 10.1. The zero-order valence-corrected chi connectivity index (χ0v) is 14.3. The summed E-state index contributed by atoms with van der Waals surface area (Å²) in [7, 11) is -3.73. The molecule has 0 fully saturated rings. The van der Waals surface area contributed by atoms with E-state index in [4.69, 9.17) is 11.6 Å². The van der Waals surface area contributed by atoms with Crippen LogP contribution < -0.4 is 10.0 Å². The molecule has 0 bridgehead atoms. The highest BCUT2D eigenvalue weighted by atomic mass is 35.5. The highest BCUT2D eigenvalue weighted by molar-refractivity contribution is 7.92. The van der Waals surface area contributed by atoms with Crippen LogP contribution in [-0.4, -0.2) is 14.3 Å². The fourth-order valence-electron chi connectivity index (χ4n) is 3.25. The molecule has 0 radical (unpaired) electrons. The molecule has 0 saturated heterocycles. The first-order chi connectivity index (χ1) is 11.4. The van der Waals surface area contributed by atoms with E-state index < -0.39 is 10.0 Å². The lowest BCUT2D eigenvalue weighted by molar-refractivity contribution is -0.115. The Morgan fingerprint density at radius 3 is 2.67 bits per heavy atom. The largest absolute Gasteiger partial charge is 0.325 e. The van der Waals surface area contributed by atoms with Crippen LogP contribution in [0.4, 0.5) is 11.4 Å². The van der Waals surface area contributed by atoms with Gasteiger partial charge in [0.1, 0.15) is 0 Å². The molecule has 1 aliphatic carbocycles. The fraction of sp³-hybridized carbons (Fsp3) is 0.235. The molecule has 1 aliphatic heterocycles. The molecule has 24 heavy (non-hydrogen) atoms. The fourth-order valence-corrected chi connectivity index (χ4v) is 4.63. The van der Waals surface area contributed by atoms with Crippen LogP contribution in [0.5, 0.6) is 0 Å². The Bertz CT molecular complexity index is 970. The Morgan fingerprint density at radius 2 is 1.83 bits per heavy atom. The number of carbonyl (C=O) groups excluding carboxylic acids is 1. The second-order valence-corrected chi connectivity index (χ2v) is 8.19. The van der Waals surface area contributed by atoms with Gasteiger partial charge in [0.2, 0.25) is 5.91 Å². The van der Waals surface area contributed by atoms with E-state index in [-0.39, 0.29) is 27.9 Å². The molecular formula is C17H15ClN2O3S. The molecule has 2 aromatic rings. The van der Waals surface area contributed by atoms with Crippen molar-refractivity contribution in [3.8, 4) is 0 Å². The molecule has 4 rings (SSSR count). The Balaban J connectivity index is 1.67. The van der Waals surface area contributed by atoms with Crippen molar-refractivity contribution in [3.05, 3.63) is 52.0 Å². The van der Waals surface area contributed by atoms with Gasteiger partial charge >= 0.3 is 0 Å². The van der Waals surface area contributed by atoms with Crippen molar-refractivity contribution in [2.45, 2.75) is 30.6 Å². The molecule has 0 saturated carbocycles. The Kier molecular flexibility index (Phi) is 3.54. The van der Waals surface area contributed by atoms with Gasteiger partial charge < -0.3 is 5.32 Å². The van der Waals surface area contributed by atoms with Crippen molar-refractivity contribution in [2.24, 2.45) is 0 Å². The normalized spacial score (nSPS) is 15.8. The second-order valence-electron chi connectivity index (χ2n) is 6.10. The van der Waals surface area contributed by atoms with Gasteiger partial charge in [-0.15, -0.1) is 0 Å². The summed E-state index contributed by atoms with van der Waals surface area (Å²) in [6.07, 6.45) is 3.19. The summed E-state index contributed by atoms with van der Waals surface area (Å²) in [6.45, 7) is 0. The summed E-state index contributed by atoms with van der Waals surface area (Å²) in [5.74, 6) is -0.125. The molecule has 1 amide bonds. The van der Waals surface area contributed by atoms with Crippen LogP contribution in [0, 0.1) is 0 Å². The highest BCUT2D eigenvalue weighted by Crippen LogP contribution is 2.34. The molecular weight excluding hydrogens is 348 g/mol. The van der Waals surface area contributed by atoms with Gasteiger partial charge in [-0.3, -0.25) is 9.52 Å². The maximum Gasteiger partial charge on any atom is 0.261 e. The number of benzene rings is 2. The molecule has 124 valence electrons. The van der Waals surface area contributed by atoms with Crippen molar-refractivity contribution in [2.75, 3.05) is 10.0 Å². The van der Waals surface area contributed by atoms with E-state index in [9.17, 15) is 13.2 Å². The number of aryl methyl sites for hydroxylation is 2. The minimum Gasteiger partial charge on any atom is -0.325 e. The number of fused-ring (bicyclic) bond motifs is 2. The third kappa shape index (κ3) is 2.65. The lowest BCUT2D eigenvalue weighted by Crippen LogP contribution is -2.14. The van der Waals surface area contributed by atoms with Crippen LogP contribution >= 0.6 is 11.6 Å². The Labute approximate surface area is 145 Å². The molecule has 5 nitrogen and oxygen atoms in total. The number of halogens is 1. The first-order valence-electron chi connectivity index (χ1n) is 7.69. The van der Waals surface area contributed by atoms with Crippen molar-refractivity contribution in [1.82, 2.24) is 0 Å². The minimum atomic E-state index is -3.73. The number of carbonyl (C=O) groups is 1. The van der Waals surface area contributed by atoms with Gasteiger partial charge in [0, 0.05) is 5.69 Å². The number of hydrogen-bond acceptors (Lipinski definition) is 3. The molecule has 0 spiro atoms. The number of anilines is 2. The quantitative estimate of drug-likeness (QED) is 0.880. The number of rotatable bonds is 3. The van der Waals surface area contributed by atoms with Gasteiger partial charge in [0.25, 0.3) is 10.0 Å². The predicted molar refractivity (Wildman–Crippen MR) is 93.1 cm³/mol. The van der Waals surface area contributed by atoms with Gasteiger partial charge in [-0.05, 0) is 60.2 Å². The van der Waals surface area contributed by atoms with E-state index in [1.54, 1.807) is 24.3 Å². The van der Waals surface area contributed by atoms with Crippen LogP contribution in [0.1, 0.15) is 23.1 Å². The summed E-state index contributed by atoms with van der Waals surface area (Å²) < 4.78 is 27.9. The Hall–Kier alpha value is -2.05. The first-order valence-corrected chi connectivity index (χ1v) is 9.55. The van der Waals surface area contributed by atoms with Crippen LogP contribution in [0.25, 0.3) is 0 Å². The zero-order chi connectivity index (χ0) is 16.9. The molecule has 1 heterocycles. The third-order valence-electron chi connectivity index (χ3n) is 4.44.